The number of hydrogen-bond acceptors (Lipinski definition) is 5. The molecule has 0 saturated heterocycles. The average Bonchev–Trinajstić information content (AvgIpc) is 3.31. The molecule has 0 unspecified atom stereocenters. The monoisotopic (exact) mass is 503 g/mol. The first-order valence-corrected chi connectivity index (χ1v) is 10.2. The van der Waals surface area contributed by atoms with Gasteiger partial charge in [0.05, 0.1) is 10.7 Å². The van der Waals surface area contributed by atoms with Gasteiger partial charge in [0.2, 0.25) is 0 Å². The van der Waals surface area contributed by atoms with Gasteiger partial charge in [0.1, 0.15) is 12.4 Å². The lowest BCUT2D eigenvalue weighted by atomic mass is 10.2. The minimum absolute atomic E-state index is 0. The second-order valence-electron chi connectivity index (χ2n) is 6.94. The maximum Gasteiger partial charge on any atom is 0.191 e. The molecule has 1 fully saturated rings. The summed E-state index contributed by atoms with van der Waals surface area (Å²) < 4.78 is 1.98. The minimum Gasteiger partial charge on any atom is -0.356 e. The van der Waals surface area contributed by atoms with Crippen molar-refractivity contribution in [1.29, 1.82) is 0 Å². The van der Waals surface area contributed by atoms with E-state index in [0.29, 0.717) is 12.6 Å². The van der Waals surface area contributed by atoms with Gasteiger partial charge < -0.3 is 15.2 Å². The summed E-state index contributed by atoms with van der Waals surface area (Å²) >= 11 is 1.78. The molecular formula is C18H30IN7S. The van der Waals surface area contributed by atoms with Crippen molar-refractivity contribution >= 4 is 41.3 Å². The minimum atomic E-state index is 0. The van der Waals surface area contributed by atoms with Crippen LogP contribution in [0.5, 0.6) is 0 Å². The van der Waals surface area contributed by atoms with Crippen molar-refractivity contribution < 1.29 is 0 Å². The Morgan fingerprint density at radius 1 is 1.22 bits per heavy atom. The summed E-state index contributed by atoms with van der Waals surface area (Å²) in [5.41, 5.74) is 1.14. The molecule has 2 aromatic rings. The molecule has 9 heteroatoms. The number of thiazole rings is 1. The highest BCUT2D eigenvalue weighted by atomic mass is 127. The second-order valence-corrected chi connectivity index (χ2v) is 8.23. The van der Waals surface area contributed by atoms with Gasteiger partial charge in [-0.25, -0.2) is 9.98 Å². The van der Waals surface area contributed by atoms with E-state index >= 15 is 0 Å². The molecule has 2 aromatic heterocycles. The summed E-state index contributed by atoms with van der Waals surface area (Å²) in [6, 6.07) is 0.520. The van der Waals surface area contributed by atoms with Crippen LogP contribution >= 0.6 is 35.3 Å². The van der Waals surface area contributed by atoms with Crippen LogP contribution in [-0.2, 0) is 20.0 Å². The number of aliphatic imine (C=N–C) groups is 1. The number of hydrogen-bond donors (Lipinski definition) is 2. The first kappa shape index (κ1) is 22.1. The Balaban J connectivity index is 0.00000261. The van der Waals surface area contributed by atoms with Crippen LogP contribution in [0.3, 0.4) is 0 Å². The van der Waals surface area contributed by atoms with Crippen LogP contribution in [0, 0.1) is 20.8 Å². The third-order valence-corrected chi connectivity index (χ3v) is 6.09. The van der Waals surface area contributed by atoms with Gasteiger partial charge in [0.15, 0.2) is 11.8 Å². The van der Waals surface area contributed by atoms with Crippen molar-refractivity contribution in [2.45, 2.75) is 65.5 Å². The molecule has 0 aromatic carbocycles. The molecule has 150 valence electrons. The summed E-state index contributed by atoms with van der Waals surface area (Å²) in [7, 11) is 1.98. The summed E-state index contributed by atoms with van der Waals surface area (Å²) in [6.07, 6.45) is 5.94. The zero-order chi connectivity index (χ0) is 18.5. The SMILES string of the molecule is Cc1nc(CCNC(=NCc2nnc(C)n2C)NC2CCCC2)sc1C.I. The van der Waals surface area contributed by atoms with Crippen molar-refractivity contribution in [2.75, 3.05) is 6.54 Å². The Bertz CT molecular complexity index is 742. The quantitative estimate of drug-likeness (QED) is 0.360. The second kappa shape index (κ2) is 10.4. The summed E-state index contributed by atoms with van der Waals surface area (Å²) in [6.45, 7) is 7.49. The number of aryl methyl sites for hydroxylation is 3. The molecule has 2 heterocycles. The molecule has 0 spiro atoms. The van der Waals surface area contributed by atoms with E-state index < -0.39 is 0 Å². The van der Waals surface area contributed by atoms with E-state index in [9.17, 15) is 0 Å². The first-order chi connectivity index (χ1) is 12.5. The Labute approximate surface area is 182 Å². The Morgan fingerprint density at radius 2 is 1.96 bits per heavy atom. The fraction of sp³-hybridized carbons (Fsp3) is 0.667. The highest BCUT2D eigenvalue weighted by molar-refractivity contribution is 14.0. The maximum absolute atomic E-state index is 4.74. The van der Waals surface area contributed by atoms with Crippen LogP contribution in [0.1, 0.15) is 52.9 Å². The molecule has 2 N–H and O–H groups in total. The number of nitrogens with zero attached hydrogens (tertiary/aromatic N) is 5. The van der Waals surface area contributed by atoms with E-state index in [1.807, 2.05) is 18.5 Å². The highest BCUT2D eigenvalue weighted by Crippen LogP contribution is 2.18. The number of guanidine groups is 1. The predicted octanol–water partition coefficient (Wildman–Crippen LogP) is 3.04. The molecule has 1 aliphatic rings. The molecule has 0 aliphatic heterocycles. The summed E-state index contributed by atoms with van der Waals surface area (Å²) in [4.78, 5) is 10.7. The van der Waals surface area contributed by atoms with Gasteiger partial charge in [0, 0.05) is 30.9 Å². The van der Waals surface area contributed by atoms with Gasteiger partial charge in [-0.1, -0.05) is 12.8 Å². The summed E-state index contributed by atoms with van der Waals surface area (Å²) in [5, 5.41) is 16.5. The Morgan fingerprint density at radius 3 is 2.56 bits per heavy atom. The molecule has 7 nitrogen and oxygen atoms in total. The number of rotatable bonds is 6. The topological polar surface area (TPSA) is 80.0 Å². The lowest BCUT2D eigenvalue weighted by Crippen LogP contribution is -2.43. The highest BCUT2D eigenvalue weighted by Gasteiger charge is 2.16. The molecule has 0 bridgehead atoms. The normalized spacial score (nSPS) is 15.0. The van der Waals surface area contributed by atoms with Gasteiger partial charge in [0.25, 0.3) is 0 Å². The van der Waals surface area contributed by atoms with E-state index in [0.717, 1.165) is 36.3 Å². The van der Waals surface area contributed by atoms with Gasteiger partial charge in [-0.15, -0.1) is 45.5 Å². The molecule has 27 heavy (non-hydrogen) atoms. The van der Waals surface area contributed by atoms with Crippen LogP contribution < -0.4 is 10.6 Å². The third-order valence-electron chi connectivity index (χ3n) is 4.96. The molecule has 0 amide bonds. The molecule has 3 rings (SSSR count). The van der Waals surface area contributed by atoms with Crippen LogP contribution in [0.2, 0.25) is 0 Å². The number of halogens is 1. The molecule has 1 saturated carbocycles. The van der Waals surface area contributed by atoms with Crippen LogP contribution in [-0.4, -0.2) is 38.3 Å². The maximum atomic E-state index is 4.74. The number of aromatic nitrogens is 4. The van der Waals surface area contributed by atoms with Crippen LogP contribution in [0.25, 0.3) is 0 Å². The van der Waals surface area contributed by atoms with E-state index in [-0.39, 0.29) is 24.0 Å². The summed E-state index contributed by atoms with van der Waals surface area (Å²) in [5.74, 6) is 2.65. The first-order valence-electron chi connectivity index (χ1n) is 9.35. The number of nitrogens with one attached hydrogen (secondary N) is 2. The molecular weight excluding hydrogens is 473 g/mol. The van der Waals surface area contributed by atoms with E-state index in [1.54, 1.807) is 11.3 Å². The fourth-order valence-electron chi connectivity index (χ4n) is 3.09. The Kier molecular flexibility index (Phi) is 8.46. The zero-order valence-corrected chi connectivity index (χ0v) is 19.7. The van der Waals surface area contributed by atoms with Gasteiger partial charge in [-0.2, -0.15) is 0 Å². The van der Waals surface area contributed by atoms with Crippen LogP contribution in [0.4, 0.5) is 0 Å². The lowest BCUT2D eigenvalue weighted by Gasteiger charge is -2.17. The van der Waals surface area contributed by atoms with E-state index in [1.165, 1.54) is 35.6 Å². The smallest absolute Gasteiger partial charge is 0.191 e. The van der Waals surface area contributed by atoms with E-state index in [4.69, 9.17) is 4.99 Å². The molecule has 1 aliphatic carbocycles. The lowest BCUT2D eigenvalue weighted by molar-refractivity contribution is 0.610. The third kappa shape index (κ3) is 6.13. The van der Waals surface area contributed by atoms with Crippen molar-refractivity contribution in [3.8, 4) is 0 Å². The van der Waals surface area contributed by atoms with Crippen molar-refractivity contribution in [1.82, 2.24) is 30.4 Å². The van der Waals surface area contributed by atoms with E-state index in [2.05, 4.69) is 39.7 Å². The standard InChI is InChI=1S/C18H29N7S.HI/c1-12-13(2)26-17(21-12)9-10-19-18(22-15-7-5-6-8-15)20-11-16-24-23-14(3)25(16)4;/h15H,5-11H2,1-4H3,(H2,19,20,22);1H. The van der Waals surface area contributed by atoms with Crippen molar-refractivity contribution in [2.24, 2.45) is 12.0 Å². The van der Waals surface area contributed by atoms with Crippen LogP contribution in [0.15, 0.2) is 4.99 Å². The largest absolute Gasteiger partial charge is 0.356 e. The fourth-order valence-corrected chi connectivity index (χ4v) is 4.02. The predicted molar refractivity (Wildman–Crippen MR) is 121 cm³/mol. The zero-order valence-electron chi connectivity index (χ0n) is 16.6. The van der Waals surface area contributed by atoms with Gasteiger partial charge in [-0.05, 0) is 33.6 Å². The van der Waals surface area contributed by atoms with Crippen molar-refractivity contribution in [3.63, 3.8) is 0 Å². The Hall–Kier alpha value is -1.23. The average molecular weight is 503 g/mol. The van der Waals surface area contributed by atoms with Gasteiger partial charge in [-0.3, -0.25) is 0 Å². The molecule has 0 radical (unpaired) electrons. The van der Waals surface area contributed by atoms with Gasteiger partial charge >= 0.3 is 0 Å². The molecule has 0 atom stereocenters. The van der Waals surface area contributed by atoms with Crippen molar-refractivity contribution in [3.05, 3.63) is 27.2 Å².